The Morgan fingerprint density at radius 1 is 1.03 bits per heavy atom. The molecule has 0 saturated carbocycles. The Bertz CT molecular complexity index is 1160. The number of carbonyl (C=O) groups excluding carboxylic acids is 1. The summed E-state index contributed by atoms with van der Waals surface area (Å²) in [5, 5.41) is 3.27. The summed E-state index contributed by atoms with van der Waals surface area (Å²) in [6, 6.07) is 19.9. The van der Waals surface area contributed by atoms with Crippen LogP contribution in [0.5, 0.6) is 5.75 Å². The number of sulfonamides is 1. The molecule has 3 aromatic carbocycles. The SMILES string of the molecule is CC[C@H](Oc1cccc(Cl)c1)C(=O)Nc1ccc(S(=O)(=O)Nc2ccccc2C)cc1. The Hall–Kier alpha value is -3.03. The van der Waals surface area contributed by atoms with Crippen molar-refractivity contribution in [1.29, 1.82) is 0 Å². The minimum atomic E-state index is -3.75. The molecule has 0 fully saturated rings. The Kier molecular flexibility index (Phi) is 7.20. The molecular formula is C23H23ClN2O4S. The molecule has 0 aliphatic carbocycles. The Morgan fingerprint density at radius 2 is 1.74 bits per heavy atom. The summed E-state index contributed by atoms with van der Waals surface area (Å²) in [4.78, 5) is 12.7. The van der Waals surface area contributed by atoms with Crippen LogP contribution in [-0.2, 0) is 14.8 Å². The number of rotatable bonds is 8. The molecule has 3 rings (SSSR count). The molecule has 1 atom stereocenters. The maximum atomic E-state index is 12.6. The van der Waals surface area contributed by atoms with Crippen LogP contribution in [0.4, 0.5) is 11.4 Å². The molecule has 0 heterocycles. The van der Waals surface area contributed by atoms with Gasteiger partial charge in [-0.1, -0.05) is 42.8 Å². The molecule has 0 spiro atoms. The molecule has 0 aliphatic rings. The summed E-state index contributed by atoms with van der Waals surface area (Å²) >= 11 is 5.96. The number of benzene rings is 3. The molecule has 31 heavy (non-hydrogen) atoms. The molecular weight excluding hydrogens is 436 g/mol. The fourth-order valence-electron chi connectivity index (χ4n) is 2.86. The average Bonchev–Trinajstić information content (AvgIpc) is 2.74. The van der Waals surface area contributed by atoms with Crippen LogP contribution in [0.3, 0.4) is 0 Å². The quantitative estimate of drug-likeness (QED) is 0.483. The number of nitrogens with one attached hydrogen (secondary N) is 2. The molecule has 0 saturated heterocycles. The predicted octanol–water partition coefficient (Wildman–Crippen LogP) is 5.25. The van der Waals surface area contributed by atoms with E-state index in [0.717, 1.165) is 5.56 Å². The van der Waals surface area contributed by atoms with Crippen LogP contribution in [-0.4, -0.2) is 20.4 Å². The monoisotopic (exact) mass is 458 g/mol. The smallest absolute Gasteiger partial charge is 0.265 e. The van der Waals surface area contributed by atoms with Crippen molar-refractivity contribution in [1.82, 2.24) is 0 Å². The van der Waals surface area contributed by atoms with E-state index in [2.05, 4.69) is 10.0 Å². The summed E-state index contributed by atoms with van der Waals surface area (Å²) in [5.74, 6) is 0.161. The second-order valence-corrected chi connectivity index (χ2v) is 9.03. The van der Waals surface area contributed by atoms with Crippen LogP contribution in [0.15, 0.2) is 77.7 Å². The van der Waals surface area contributed by atoms with Crippen molar-refractivity contribution in [2.24, 2.45) is 0 Å². The molecule has 0 aliphatic heterocycles. The van der Waals surface area contributed by atoms with Gasteiger partial charge >= 0.3 is 0 Å². The first-order chi connectivity index (χ1) is 14.8. The lowest BCUT2D eigenvalue weighted by atomic mass is 10.2. The van der Waals surface area contributed by atoms with E-state index in [1.165, 1.54) is 24.3 Å². The molecule has 0 unspecified atom stereocenters. The lowest BCUT2D eigenvalue weighted by Crippen LogP contribution is -2.32. The minimum absolute atomic E-state index is 0.0935. The summed E-state index contributed by atoms with van der Waals surface area (Å²) in [6.07, 6.45) is -0.268. The lowest BCUT2D eigenvalue weighted by molar-refractivity contribution is -0.122. The van der Waals surface area contributed by atoms with Crippen LogP contribution in [0.2, 0.25) is 5.02 Å². The largest absolute Gasteiger partial charge is 0.481 e. The van der Waals surface area contributed by atoms with Gasteiger partial charge in [0.2, 0.25) is 0 Å². The van der Waals surface area contributed by atoms with Gasteiger partial charge in [-0.3, -0.25) is 9.52 Å². The molecule has 0 radical (unpaired) electrons. The van der Waals surface area contributed by atoms with Crippen LogP contribution < -0.4 is 14.8 Å². The minimum Gasteiger partial charge on any atom is -0.481 e. The second-order valence-electron chi connectivity index (χ2n) is 6.91. The van der Waals surface area contributed by atoms with Crippen LogP contribution in [0.1, 0.15) is 18.9 Å². The van der Waals surface area contributed by atoms with Gasteiger partial charge < -0.3 is 10.1 Å². The zero-order valence-corrected chi connectivity index (χ0v) is 18.7. The highest BCUT2D eigenvalue weighted by Gasteiger charge is 2.20. The number of halogens is 1. The molecule has 162 valence electrons. The fourth-order valence-corrected chi connectivity index (χ4v) is 4.17. The van der Waals surface area contributed by atoms with Crippen molar-refractivity contribution < 1.29 is 17.9 Å². The van der Waals surface area contributed by atoms with E-state index in [0.29, 0.717) is 28.6 Å². The first-order valence-electron chi connectivity index (χ1n) is 9.70. The third-order valence-electron chi connectivity index (χ3n) is 4.56. The molecule has 6 nitrogen and oxygen atoms in total. The van der Waals surface area contributed by atoms with E-state index >= 15 is 0 Å². The zero-order valence-electron chi connectivity index (χ0n) is 17.1. The van der Waals surface area contributed by atoms with Crippen molar-refractivity contribution in [2.75, 3.05) is 10.0 Å². The zero-order chi connectivity index (χ0) is 22.4. The van der Waals surface area contributed by atoms with Gasteiger partial charge in [0.15, 0.2) is 6.10 Å². The maximum absolute atomic E-state index is 12.6. The Labute approximate surface area is 187 Å². The van der Waals surface area contributed by atoms with Crippen molar-refractivity contribution >= 4 is 38.9 Å². The van der Waals surface area contributed by atoms with Gasteiger partial charge in [0, 0.05) is 10.7 Å². The highest BCUT2D eigenvalue weighted by molar-refractivity contribution is 7.92. The van der Waals surface area contributed by atoms with E-state index in [1.54, 1.807) is 36.4 Å². The fraction of sp³-hybridized carbons (Fsp3) is 0.174. The highest BCUT2D eigenvalue weighted by Crippen LogP contribution is 2.22. The number of ether oxygens (including phenoxy) is 1. The van der Waals surface area contributed by atoms with E-state index in [1.807, 2.05) is 26.0 Å². The number of para-hydroxylation sites is 1. The third kappa shape index (κ3) is 5.99. The van der Waals surface area contributed by atoms with E-state index in [-0.39, 0.29) is 10.8 Å². The van der Waals surface area contributed by atoms with Gasteiger partial charge in [-0.05, 0) is 67.4 Å². The first kappa shape index (κ1) is 22.7. The molecule has 0 aromatic heterocycles. The second kappa shape index (κ2) is 9.85. The Morgan fingerprint density at radius 3 is 2.39 bits per heavy atom. The van der Waals surface area contributed by atoms with Gasteiger partial charge in [0.25, 0.3) is 15.9 Å². The van der Waals surface area contributed by atoms with E-state index in [4.69, 9.17) is 16.3 Å². The molecule has 1 amide bonds. The maximum Gasteiger partial charge on any atom is 0.265 e. The van der Waals surface area contributed by atoms with Crippen LogP contribution in [0.25, 0.3) is 0 Å². The number of hydrogen-bond donors (Lipinski definition) is 2. The standard InChI is InChI=1S/C23H23ClN2O4S/c1-3-22(30-19-9-6-8-17(24)15-19)23(27)25-18-11-13-20(14-12-18)31(28,29)26-21-10-5-4-7-16(21)2/h4-15,22,26H,3H2,1-2H3,(H,25,27)/t22-/m0/s1. The topological polar surface area (TPSA) is 84.5 Å². The number of aryl methyl sites for hydroxylation is 1. The van der Waals surface area contributed by atoms with Gasteiger partial charge in [0.1, 0.15) is 5.75 Å². The van der Waals surface area contributed by atoms with E-state index < -0.39 is 16.1 Å². The summed E-state index contributed by atoms with van der Waals surface area (Å²) in [7, 11) is -3.75. The van der Waals surface area contributed by atoms with Crippen molar-refractivity contribution in [3.63, 3.8) is 0 Å². The van der Waals surface area contributed by atoms with Gasteiger partial charge in [-0.15, -0.1) is 0 Å². The number of carbonyl (C=O) groups is 1. The summed E-state index contributed by atoms with van der Waals surface area (Å²) in [6.45, 7) is 3.66. The van der Waals surface area contributed by atoms with E-state index in [9.17, 15) is 13.2 Å². The van der Waals surface area contributed by atoms with Gasteiger partial charge in [0.05, 0.1) is 10.6 Å². The van der Waals surface area contributed by atoms with Crippen LogP contribution in [0, 0.1) is 6.92 Å². The lowest BCUT2D eigenvalue weighted by Gasteiger charge is -2.17. The molecule has 8 heteroatoms. The van der Waals surface area contributed by atoms with Gasteiger partial charge in [-0.2, -0.15) is 0 Å². The molecule has 3 aromatic rings. The average molecular weight is 459 g/mol. The molecule has 0 bridgehead atoms. The van der Waals surface area contributed by atoms with Crippen molar-refractivity contribution in [3.05, 3.63) is 83.4 Å². The summed E-state index contributed by atoms with van der Waals surface area (Å²) < 4.78 is 33.6. The molecule has 2 N–H and O–H groups in total. The number of anilines is 2. The Balaban J connectivity index is 1.67. The van der Waals surface area contributed by atoms with Crippen molar-refractivity contribution in [2.45, 2.75) is 31.3 Å². The number of amides is 1. The summed E-state index contributed by atoms with van der Waals surface area (Å²) in [5.41, 5.74) is 1.80. The van der Waals surface area contributed by atoms with Crippen LogP contribution >= 0.6 is 11.6 Å². The predicted molar refractivity (Wildman–Crippen MR) is 123 cm³/mol. The third-order valence-corrected chi connectivity index (χ3v) is 6.18. The normalized spacial score (nSPS) is 12.1. The van der Waals surface area contributed by atoms with Crippen molar-refractivity contribution in [3.8, 4) is 5.75 Å². The van der Waals surface area contributed by atoms with Gasteiger partial charge in [-0.25, -0.2) is 8.42 Å². The highest BCUT2D eigenvalue weighted by atomic mass is 35.5. The number of hydrogen-bond acceptors (Lipinski definition) is 4. The first-order valence-corrected chi connectivity index (χ1v) is 11.6.